The monoisotopic (exact) mass is 188 g/mol. The summed E-state index contributed by atoms with van der Waals surface area (Å²) < 4.78 is 5.02. The zero-order chi connectivity index (χ0) is 10.3. The SMILES string of the molecule is CCC(C)CC(O)CC(C)COC. The number of hydrogen-bond donors (Lipinski definition) is 1. The van der Waals surface area contributed by atoms with E-state index in [1.165, 1.54) is 0 Å². The number of aliphatic hydroxyl groups is 1. The first-order valence-electron chi connectivity index (χ1n) is 5.27. The molecule has 0 aromatic carbocycles. The minimum absolute atomic E-state index is 0.153. The smallest absolute Gasteiger partial charge is 0.0546 e. The third-order valence-electron chi connectivity index (χ3n) is 2.50. The van der Waals surface area contributed by atoms with Crippen LogP contribution in [0.1, 0.15) is 40.0 Å². The summed E-state index contributed by atoms with van der Waals surface area (Å²) in [5.74, 6) is 1.09. The van der Waals surface area contributed by atoms with Crippen molar-refractivity contribution in [3.8, 4) is 0 Å². The minimum Gasteiger partial charge on any atom is -0.393 e. The summed E-state index contributed by atoms with van der Waals surface area (Å²) in [6, 6.07) is 0. The molecule has 0 aromatic rings. The molecule has 13 heavy (non-hydrogen) atoms. The highest BCUT2D eigenvalue weighted by Crippen LogP contribution is 2.15. The van der Waals surface area contributed by atoms with Crippen LogP contribution in [0.4, 0.5) is 0 Å². The third-order valence-corrected chi connectivity index (χ3v) is 2.50. The Morgan fingerprint density at radius 3 is 2.15 bits per heavy atom. The average Bonchev–Trinajstić information content (AvgIpc) is 2.04. The first-order chi connectivity index (χ1) is 6.10. The maximum atomic E-state index is 9.69. The van der Waals surface area contributed by atoms with Gasteiger partial charge in [-0.3, -0.25) is 0 Å². The van der Waals surface area contributed by atoms with E-state index in [0.717, 1.165) is 25.9 Å². The van der Waals surface area contributed by atoms with Crippen LogP contribution >= 0.6 is 0 Å². The molecular weight excluding hydrogens is 164 g/mol. The van der Waals surface area contributed by atoms with Gasteiger partial charge in [-0.25, -0.2) is 0 Å². The second kappa shape index (κ2) is 7.34. The Kier molecular flexibility index (Phi) is 7.29. The fourth-order valence-corrected chi connectivity index (χ4v) is 1.54. The molecule has 3 atom stereocenters. The molecule has 0 heterocycles. The molecule has 2 nitrogen and oxygen atoms in total. The fraction of sp³-hybridized carbons (Fsp3) is 1.00. The molecular formula is C11H24O2. The van der Waals surface area contributed by atoms with Crippen LogP contribution in [0.5, 0.6) is 0 Å². The standard InChI is InChI=1S/C11H24O2/c1-5-9(2)6-11(12)7-10(3)8-13-4/h9-12H,5-8H2,1-4H3. The van der Waals surface area contributed by atoms with Gasteiger partial charge in [0.25, 0.3) is 0 Å². The summed E-state index contributed by atoms with van der Waals surface area (Å²) in [6.45, 7) is 7.21. The maximum absolute atomic E-state index is 9.69. The third kappa shape index (κ3) is 7.03. The van der Waals surface area contributed by atoms with Gasteiger partial charge in [-0.1, -0.05) is 27.2 Å². The van der Waals surface area contributed by atoms with Gasteiger partial charge >= 0.3 is 0 Å². The van der Waals surface area contributed by atoms with Gasteiger partial charge < -0.3 is 9.84 Å². The summed E-state index contributed by atoms with van der Waals surface area (Å²) in [6.07, 6.45) is 2.78. The molecule has 0 amide bonds. The van der Waals surface area contributed by atoms with Gasteiger partial charge in [0.15, 0.2) is 0 Å². The van der Waals surface area contributed by atoms with Gasteiger partial charge in [-0.05, 0) is 24.7 Å². The molecule has 0 radical (unpaired) electrons. The van der Waals surface area contributed by atoms with E-state index in [0.29, 0.717) is 11.8 Å². The van der Waals surface area contributed by atoms with Crippen LogP contribution in [-0.2, 0) is 4.74 Å². The van der Waals surface area contributed by atoms with E-state index < -0.39 is 0 Å². The Bertz CT molecular complexity index is 115. The number of rotatable bonds is 7. The van der Waals surface area contributed by atoms with E-state index in [9.17, 15) is 5.11 Å². The molecule has 1 N–H and O–H groups in total. The summed E-state index contributed by atoms with van der Waals surface area (Å²) >= 11 is 0. The zero-order valence-corrected chi connectivity index (χ0v) is 9.42. The second-order valence-corrected chi connectivity index (χ2v) is 4.20. The Balaban J connectivity index is 3.54. The van der Waals surface area contributed by atoms with Crippen molar-refractivity contribution >= 4 is 0 Å². The number of ether oxygens (including phenoxy) is 1. The molecule has 80 valence electrons. The van der Waals surface area contributed by atoms with Crippen LogP contribution in [0, 0.1) is 11.8 Å². The molecule has 0 rings (SSSR count). The molecule has 0 saturated heterocycles. The minimum atomic E-state index is -0.153. The molecule has 0 saturated carbocycles. The molecule has 2 heteroatoms. The van der Waals surface area contributed by atoms with Gasteiger partial charge in [0.2, 0.25) is 0 Å². The average molecular weight is 188 g/mol. The first kappa shape index (κ1) is 12.9. The lowest BCUT2D eigenvalue weighted by atomic mass is 9.95. The summed E-state index contributed by atoms with van der Waals surface area (Å²) in [5, 5.41) is 9.69. The maximum Gasteiger partial charge on any atom is 0.0546 e. The fourth-order valence-electron chi connectivity index (χ4n) is 1.54. The number of aliphatic hydroxyl groups excluding tert-OH is 1. The quantitative estimate of drug-likeness (QED) is 0.665. The van der Waals surface area contributed by atoms with E-state index in [1.54, 1.807) is 7.11 Å². The van der Waals surface area contributed by atoms with E-state index in [4.69, 9.17) is 4.74 Å². The van der Waals surface area contributed by atoms with Crippen LogP contribution in [-0.4, -0.2) is 24.9 Å². The van der Waals surface area contributed by atoms with E-state index in [2.05, 4.69) is 20.8 Å². The lowest BCUT2D eigenvalue weighted by Crippen LogP contribution is -2.17. The van der Waals surface area contributed by atoms with Crippen molar-refractivity contribution < 1.29 is 9.84 Å². The van der Waals surface area contributed by atoms with Crippen LogP contribution in [0.3, 0.4) is 0 Å². The summed E-state index contributed by atoms with van der Waals surface area (Å²) in [5.41, 5.74) is 0. The van der Waals surface area contributed by atoms with E-state index in [-0.39, 0.29) is 6.10 Å². The van der Waals surface area contributed by atoms with Gasteiger partial charge in [-0.15, -0.1) is 0 Å². The highest BCUT2D eigenvalue weighted by Gasteiger charge is 2.12. The topological polar surface area (TPSA) is 29.5 Å². The van der Waals surface area contributed by atoms with Crippen molar-refractivity contribution in [1.29, 1.82) is 0 Å². The van der Waals surface area contributed by atoms with Gasteiger partial charge in [0, 0.05) is 13.7 Å². The van der Waals surface area contributed by atoms with Crippen molar-refractivity contribution in [2.75, 3.05) is 13.7 Å². The lowest BCUT2D eigenvalue weighted by molar-refractivity contribution is 0.0868. The van der Waals surface area contributed by atoms with Gasteiger partial charge in [0.05, 0.1) is 6.10 Å². The van der Waals surface area contributed by atoms with Crippen molar-refractivity contribution in [3.05, 3.63) is 0 Å². The zero-order valence-electron chi connectivity index (χ0n) is 9.42. The normalized spacial score (nSPS) is 18.2. The molecule has 0 fully saturated rings. The highest BCUT2D eigenvalue weighted by atomic mass is 16.5. The Hall–Kier alpha value is -0.0800. The summed E-state index contributed by atoms with van der Waals surface area (Å²) in [7, 11) is 1.71. The number of hydrogen-bond acceptors (Lipinski definition) is 2. The molecule has 3 unspecified atom stereocenters. The molecule has 0 aliphatic heterocycles. The molecule has 0 aliphatic carbocycles. The lowest BCUT2D eigenvalue weighted by Gasteiger charge is -2.18. The van der Waals surface area contributed by atoms with Crippen molar-refractivity contribution in [2.45, 2.75) is 46.1 Å². The van der Waals surface area contributed by atoms with Crippen LogP contribution < -0.4 is 0 Å². The van der Waals surface area contributed by atoms with Crippen molar-refractivity contribution in [3.63, 3.8) is 0 Å². The molecule has 0 aromatic heterocycles. The van der Waals surface area contributed by atoms with Crippen LogP contribution in [0.25, 0.3) is 0 Å². The highest BCUT2D eigenvalue weighted by molar-refractivity contribution is 4.64. The first-order valence-corrected chi connectivity index (χ1v) is 5.27. The largest absolute Gasteiger partial charge is 0.393 e. The van der Waals surface area contributed by atoms with Gasteiger partial charge in [-0.2, -0.15) is 0 Å². The molecule has 0 spiro atoms. The summed E-state index contributed by atoms with van der Waals surface area (Å²) in [4.78, 5) is 0. The van der Waals surface area contributed by atoms with E-state index in [1.807, 2.05) is 0 Å². The molecule has 0 aliphatic rings. The van der Waals surface area contributed by atoms with Crippen molar-refractivity contribution in [1.82, 2.24) is 0 Å². The Labute approximate surface area is 82.3 Å². The predicted octanol–water partition coefficient (Wildman–Crippen LogP) is 2.46. The van der Waals surface area contributed by atoms with Crippen LogP contribution in [0.2, 0.25) is 0 Å². The molecule has 0 bridgehead atoms. The van der Waals surface area contributed by atoms with Crippen LogP contribution in [0.15, 0.2) is 0 Å². The predicted molar refractivity (Wildman–Crippen MR) is 55.7 cm³/mol. The van der Waals surface area contributed by atoms with E-state index >= 15 is 0 Å². The van der Waals surface area contributed by atoms with Crippen molar-refractivity contribution in [2.24, 2.45) is 11.8 Å². The Morgan fingerprint density at radius 2 is 1.69 bits per heavy atom. The Morgan fingerprint density at radius 1 is 1.15 bits per heavy atom. The van der Waals surface area contributed by atoms with Gasteiger partial charge in [0.1, 0.15) is 0 Å². The second-order valence-electron chi connectivity index (χ2n) is 4.20. The number of methoxy groups -OCH3 is 1.